The van der Waals surface area contributed by atoms with Crippen LogP contribution in [0.1, 0.15) is 5.56 Å². The van der Waals surface area contributed by atoms with Gasteiger partial charge in [-0.25, -0.2) is 0 Å². The zero-order chi connectivity index (χ0) is 10.4. The van der Waals surface area contributed by atoms with Crippen LogP contribution >= 0.6 is 0 Å². The molecule has 0 aliphatic heterocycles. The number of nitro benzene ring substituents is 1. The molecule has 0 bridgehead atoms. The predicted octanol–water partition coefficient (Wildman–Crippen LogP) is 1.18. The van der Waals surface area contributed by atoms with Crippen LogP contribution in [0.15, 0.2) is 18.2 Å². The number of nitrogens with zero attached hydrogens (tertiary/aromatic N) is 1. The minimum Gasteiger partial charge on any atom is -0.508 e. The largest absolute Gasteiger partial charge is 0.508 e. The van der Waals surface area contributed by atoms with Crippen LogP contribution in [0.3, 0.4) is 0 Å². The smallest absolute Gasteiger partial charge is 0.275 e. The van der Waals surface area contributed by atoms with E-state index in [1.807, 2.05) is 0 Å². The van der Waals surface area contributed by atoms with E-state index < -0.39 is 4.92 Å². The van der Waals surface area contributed by atoms with Crippen molar-refractivity contribution in [1.29, 1.82) is 0 Å². The molecule has 0 fully saturated rings. The van der Waals surface area contributed by atoms with Gasteiger partial charge in [-0.2, -0.15) is 0 Å². The fourth-order valence-corrected chi connectivity index (χ4v) is 0.794. The average molecular weight is 184 g/mol. The predicted molar refractivity (Wildman–Crippen MR) is 49.6 cm³/mol. The maximum Gasteiger partial charge on any atom is 0.275 e. The quantitative estimate of drug-likeness (QED) is 0.506. The first-order valence-electron chi connectivity index (χ1n) is 3.63. The fourth-order valence-electron chi connectivity index (χ4n) is 0.794. The summed E-state index contributed by atoms with van der Waals surface area (Å²) >= 11 is 0. The van der Waals surface area contributed by atoms with Crippen molar-refractivity contribution in [3.63, 3.8) is 0 Å². The van der Waals surface area contributed by atoms with Crippen molar-refractivity contribution in [2.45, 2.75) is 6.92 Å². The number of rotatable bonds is 1. The summed E-state index contributed by atoms with van der Waals surface area (Å²) in [6, 6.07) is 4.06. The summed E-state index contributed by atoms with van der Waals surface area (Å²) in [7, 11) is 1.50. The van der Waals surface area contributed by atoms with E-state index in [0.717, 1.165) is 6.07 Å². The van der Waals surface area contributed by atoms with Gasteiger partial charge in [-0.15, -0.1) is 0 Å². The van der Waals surface area contributed by atoms with Gasteiger partial charge in [0.2, 0.25) is 0 Å². The minimum atomic E-state index is -0.519. The highest BCUT2D eigenvalue weighted by molar-refractivity contribution is 5.44. The Bertz CT molecular complexity index is 299. The lowest BCUT2D eigenvalue weighted by Gasteiger charge is -1.95. The summed E-state index contributed by atoms with van der Waals surface area (Å²) in [6.07, 6.45) is 0. The van der Waals surface area contributed by atoms with Crippen LogP contribution in [0.5, 0.6) is 5.75 Å². The van der Waals surface area contributed by atoms with Crippen molar-refractivity contribution in [3.05, 3.63) is 33.9 Å². The number of phenols is 1. The summed E-state index contributed by atoms with van der Waals surface area (Å²) in [6.45, 7) is 1.62. The lowest BCUT2D eigenvalue weighted by Crippen LogP contribution is -1.90. The first kappa shape index (κ1) is 11.4. The standard InChI is InChI=1S/C7H7NO3.CH5N/c1-5-2-3-6(9)4-7(5)8(10)11;1-2/h2-4,9H,1H3;2H2,1H3. The van der Waals surface area contributed by atoms with Gasteiger partial charge in [0.15, 0.2) is 0 Å². The highest BCUT2D eigenvalue weighted by Gasteiger charge is 2.09. The van der Waals surface area contributed by atoms with Gasteiger partial charge in [-0.05, 0) is 26.1 Å². The summed E-state index contributed by atoms with van der Waals surface area (Å²) < 4.78 is 0. The molecule has 0 saturated carbocycles. The molecule has 3 N–H and O–H groups in total. The first-order chi connectivity index (χ1) is 6.11. The molecule has 72 valence electrons. The van der Waals surface area contributed by atoms with E-state index in [9.17, 15) is 10.1 Å². The molecule has 13 heavy (non-hydrogen) atoms. The van der Waals surface area contributed by atoms with Crippen molar-refractivity contribution >= 4 is 5.69 Å². The molecule has 5 heteroatoms. The Morgan fingerprint density at radius 3 is 2.38 bits per heavy atom. The van der Waals surface area contributed by atoms with Crippen LogP contribution in [0.25, 0.3) is 0 Å². The Balaban J connectivity index is 0.000000671. The second kappa shape index (κ2) is 5.10. The monoisotopic (exact) mass is 184 g/mol. The SMILES string of the molecule is CN.Cc1ccc(O)cc1[N+](=O)[O-]. The third-order valence-corrected chi connectivity index (χ3v) is 1.39. The van der Waals surface area contributed by atoms with Crippen LogP contribution in [-0.4, -0.2) is 17.1 Å². The molecule has 5 nitrogen and oxygen atoms in total. The summed E-state index contributed by atoms with van der Waals surface area (Å²) in [4.78, 5) is 9.75. The van der Waals surface area contributed by atoms with Gasteiger partial charge in [0.05, 0.1) is 11.0 Å². The molecule has 0 heterocycles. The molecule has 0 amide bonds. The number of hydrogen-bond donors (Lipinski definition) is 2. The molecule has 0 aliphatic rings. The van der Waals surface area contributed by atoms with E-state index in [-0.39, 0.29) is 11.4 Å². The van der Waals surface area contributed by atoms with Crippen molar-refractivity contribution < 1.29 is 10.0 Å². The number of aromatic hydroxyl groups is 1. The molecule has 1 rings (SSSR count). The van der Waals surface area contributed by atoms with E-state index >= 15 is 0 Å². The first-order valence-corrected chi connectivity index (χ1v) is 3.63. The Hall–Kier alpha value is -1.62. The van der Waals surface area contributed by atoms with Gasteiger partial charge in [-0.3, -0.25) is 10.1 Å². The number of aryl methyl sites for hydroxylation is 1. The molecule has 0 radical (unpaired) electrons. The molecule has 1 aromatic carbocycles. The van der Waals surface area contributed by atoms with Crippen LogP contribution in [0.2, 0.25) is 0 Å². The van der Waals surface area contributed by atoms with Crippen molar-refractivity contribution in [2.24, 2.45) is 5.73 Å². The Morgan fingerprint density at radius 1 is 1.46 bits per heavy atom. The molecule has 0 saturated heterocycles. The Labute approximate surface area is 76.0 Å². The fraction of sp³-hybridized carbons (Fsp3) is 0.250. The van der Waals surface area contributed by atoms with Gasteiger partial charge >= 0.3 is 0 Å². The molecule has 0 aliphatic carbocycles. The molecule has 0 atom stereocenters. The average Bonchev–Trinajstić information content (AvgIpc) is 2.12. The van der Waals surface area contributed by atoms with Gasteiger partial charge in [0.25, 0.3) is 5.69 Å². The number of nitrogens with two attached hydrogens (primary N) is 1. The Kier molecular flexibility index (Phi) is 4.47. The number of phenolic OH excluding ortho intramolecular Hbond substituents is 1. The molecule has 0 spiro atoms. The normalized spacial score (nSPS) is 8.54. The van der Waals surface area contributed by atoms with E-state index in [1.165, 1.54) is 19.2 Å². The second-order valence-electron chi connectivity index (χ2n) is 2.23. The number of hydrogen-bond acceptors (Lipinski definition) is 4. The van der Waals surface area contributed by atoms with Crippen LogP contribution in [-0.2, 0) is 0 Å². The zero-order valence-electron chi connectivity index (χ0n) is 7.52. The zero-order valence-corrected chi connectivity index (χ0v) is 7.52. The van der Waals surface area contributed by atoms with Crippen LogP contribution in [0, 0.1) is 17.0 Å². The van der Waals surface area contributed by atoms with E-state index in [0.29, 0.717) is 5.56 Å². The minimum absolute atomic E-state index is 0.0509. The molecular formula is C8H12N2O3. The maximum absolute atomic E-state index is 10.3. The van der Waals surface area contributed by atoms with Gasteiger partial charge in [0, 0.05) is 5.56 Å². The van der Waals surface area contributed by atoms with Crippen molar-refractivity contribution in [1.82, 2.24) is 0 Å². The summed E-state index contributed by atoms with van der Waals surface area (Å²) in [5.74, 6) is -0.0812. The lowest BCUT2D eigenvalue weighted by molar-refractivity contribution is -0.385. The lowest BCUT2D eigenvalue weighted by atomic mass is 10.2. The third-order valence-electron chi connectivity index (χ3n) is 1.39. The topological polar surface area (TPSA) is 89.4 Å². The maximum atomic E-state index is 10.3. The van der Waals surface area contributed by atoms with Gasteiger partial charge < -0.3 is 10.8 Å². The third kappa shape index (κ3) is 3.08. The number of nitro groups is 1. The van der Waals surface area contributed by atoms with Gasteiger partial charge in [0.1, 0.15) is 5.75 Å². The van der Waals surface area contributed by atoms with Crippen LogP contribution < -0.4 is 5.73 Å². The molecule has 0 aromatic heterocycles. The van der Waals surface area contributed by atoms with Crippen molar-refractivity contribution in [2.75, 3.05) is 7.05 Å². The molecule has 0 unspecified atom stereocenters. The highest BCUT2D eigenvalue weighted by Crippen LogP contribution is 2.22. The Morgan fingerprint density at radius 2 is 2.00 bits per heavy atom. The summed E-state index contributed by atoms with van der Waals surface area (Å²) in [5, 5.41) is 19.2. The summed E-state index contributed by atoms with van der Waals surface area (Å²) in [5.41, 5.74) is 5.00. The van der Waals surface area contributed by atoms with E-state index in [4.69, 9.17) is 5.11 Å². The number of benzene rings is 1. The van der Waals surface area contributed by atoms with Crippen LogP contribution in [0.4, 0.5) is 5.69 Å². The molecule has 1 aromatic rings. The van der Waals surface area contributed by atoms with Crippen molar-refractivity contribution in [3.8, 4) is 5.75 Å². The van der Waals surface area contributed by atoms with E-state index in [1.54, 1.807) is 6.92 Å². The molecular weight excluding hydrogens is 172 g/mol. The second-order valence-corrected chi connectivity index (χ2v) is 2.23. The highest BCUT2D eigenvalue weighted by atomic mass is 16.6. The van der Waals surface area contributed by atoms with Gasteiger partial charge in [-0.1, -0.05) is 0 Å². The van der Waals surface area contributed by atoms with E-state index in [2.05, 4.69) is 5.73 Å².